The van der Waals surface area contributed by atoms with E-state index in [9.17, 15) is 18.0 Å². The van der Waals surface area contributed by atoms with Gasteiger partial charge in [-0.25, -0.2) is 8.42 Å². The van der Waals surface area contributed by atoms with Crippen molar-refractivity contribution in [2.24, 2.45) is 0 Å². The van der Waals surface area contributed by atoms with Crippen LogP contribution in [0.15, 0.2) is 33.7 Å². The molecular formula is C18H22N4O5S. The van der Waals surface area contributed by atoms with Gasteiger partial charge < -0.3 is 15.2 Å². The van der Waals surface area contributed by atoms with Gasteiger partial charge in [0.1, 0.15) is 16.6 Å². The molecule has 150 valence electrons. The number of anilines is 1. The number of amides is 2. The van der Waals surface area contributed by atoms with Gasteiger partial charge in [0.05, 0.1) is 0 Å². The van der Waals surface area contributed by atoms with E-state index in [0.29, 0.717) is 24.1 Å². The van der Waals surface area contributed by atoms with Crippen molar-refractivity contribution in [3.8, 4) is 0 Å². The number of sulfonamides is 1. The Balaban J connectivity index is 1.79. The SMILES string of the molecule is CNC(=O)c1ccc(NC(=O)[C@H]2CCCN2S(=O)(=O)c2c(C)noc2C)cc1. The maximum absolute atomic E-state index is 13.1. The van der Waals surface area contributed by atoms with Crippen LogP contribution in [0.5, 0.6) is 0 Å². The van der Waals surface area contributed by atoms with Gasteiger partial charge in [0.25, 0.3) is 5.91 Å². The molecule has 2 heterocycles. The van der Waals surface area contributed by atoms with Crippen LogP contribution in [0.4, 0.5) is 5.69 Å². The largest absolute Gasteiger partial charge is 0.360 e. The lowest BCUT2D eigenvalue weighted by molar-refractivity contribution is -0.119. The molecule has 28 heavy (non-hydrogen) atoms. The highest BCUT2D eigenvalue weighted by molar-refractivity contribution is 7.89. The van der Waals surface area contributed by atoms with E-state index in [2.05, 4.69) is 15.8 Å². The average molecular weight is 406 g/mol. The molecule has 9 nitrogen and oxygen atoms in total. The van der Waals surface area contributed by atoms with Crippen molar-refractivity contribution < 1.29 is 22.5 Å². The lowest BCUT2D eigenvalue weighted by atomic mass is 10.1. The summed E-state index contributed by atoms with van der Waals surface area (Å²) < 4.78 is 32.3. The van der Waals surface area contributed by atoms with E-state index >= 15 is 0 Å². The highest BCUT2D eigenvalue weighted by Gasteiger charge is 2.41. The molecule has 0 spiro atoms. The molecule has 1 saturated heterocycles. The monoisotopic (exact) mass is 406 g/mol. The van der Waals surface area contributed by atoms with Gasteiger partial charge in [0, 0.05) is 24.8 Å². The average Bonchev–Trinajstić information content (AvgIpc) is 3.29. The molecule has 2 amide bonds. The first-order valence-electron chi connectivity index (χ1n) is 8.83. The quantitative estimate of drug-likeness (QED) is 0.775. The van der Waals surface area contributed by atoms with Crippen molar-refractivity contribution in [1.82, 2.24) is 14.8 Å². The molecule has 3 rings (SSSR count). The molecule has 1 aromatic carbocycles. The third kappa shape index (κ3) is 3.65. The van der Waals surface area contributed by atoms with Crippen molar-refractivity contribution in [2.75, 3.05) is 18.9 Å². The Kier molecular flexibility index (Phi) is 5.52. The van der Waals surface area contributed by atoms with Gasteiger partial charge in [-0.3, -0.25) is 9.59 Å². The number of carbonyl (C=O) groups is 2. The summed E-state index contributed by atoms with van der Waals surface area (Å²) in [5.74, 6) is -0.445. The zero-order valence-electron chi connectivity index (χ0n) is 15.9. The van der Waals surface area contributed by atoms with Crippen LogP contribution >= 0.6 is 0 Å². The fraction of sp³-hybridized carbons (Fsp3) is 0.389. The van der Waals surface area contributed by atoms with E-state index in [-0.39, 0.29) is 28.8 Å². The van der Waals surface area contributed by atoms with E-state index < -0.39 is 22.0 Å². The van der Waals surface area contributed by atoms with Crippen LogP contribution in [0.2, 0.25) is 0 Å². The van der Waals surface area contributed by atoms with E-state index in [1.165, 1.54) is 18.3 Å². The second-order valence-corrected chi connectivity index (χ2v) is 8.40. The number of nitrogens with zero attached hydrogens (tertiary/aromatic N) is 2. The van der Waals surface area contributed by atoms with Crippen molar-refractivity contribution in [1.29, 1.82) is 0 Å². The Morgan fingerprint density at radius 2 is 1.89 bits per heavy atom. The van der Waals surface area contributed by atoms with Crippen LogP contribution in [0, 0.1) is 13.8 Å². The number of aryl methyl sites for hydroxylation is 2. The minimum atomic E-state index is -3.90. The molecule has 0 unspecified atom stereocenters. The first kappa shape index (κ1) is 20.0. The molecule has 0 saturated carbocycles. The maximum Gasteiger partial charge on any atom is 0.251 e. The van der Waals surface area contributed by atoms with Gasteiger partial charge in [-0.05, 0) is 51.0 Å². The normalized spacial score (nSPS) is 17.5. The Bertz CT molecular complexity index is 978. The predicted octanol–water partition coefficient (Wildman–Crippen LogP) is 1.44. The Hall–Kier alpha value is -2.72. The fourth-order valence-corrected chi connectivity index (χ4v) is 5.28. The zero-order valence-corrected chi connectivity index (χ0v) is 16.7. The highest BCUT2D eigenvalue weighted by atomic mass is 32.2. The van der Waals surface area contributed by atoms with Crippen LogP contribution in [0.25, 0.3) is 0 Å². The summed E-state index contributed by atoms with van der Waals surface area (Å²) in [6.07, 6.45) is 1.00. The number of nitrogens with one attached hydrogen (secondary N) is 2. The van der Waals surface area contributed by atoms with Gasteiger partial charge in [0.15, 0.2) is 5.76 Å². The van der Waals surface area contributed by atoms with Crippen LogP contribution in [0.1, 0.15) is 34.7 Å². The van der Waals surface area contributed by atoms with Crippen LogP contribution < -0.4 is 10.6 Å². The summed E-state index contributed by atoms with van der Waals surface area (Å²) in [5, 5.41) is 8.95. The van der Waals surface area contributed by atoms with Gasteiger partial charge >= 0.3 is 0 Å². The third-order valence-corrected chi connectivity index (χ3v) is 6.84. The zero-order chi connectivity index (χ0) is 20.5. The second kappa shape index (κ2) is 7.72. The first-order chi connectivity index (χ1) is 13.3. The van der Waals surface area contributed by atoms with Crippen molar-refractivity contribution in [3.05, 3.63) is 41.3 Å². The minimum Gasteiger partial charge on any atom is -0.360 e. The lowest BCUT2D eigenvalue weighted by Gasteiger charge is -2.23. The molecule has 1 atom stereocenters. The standard InChI is InChI=1S/C18H22N4O5S/c1-11-16(12(2)27-21-11)28(25,26)22-10-4-5-15(22)18(24)20-14-8-6-13(7-9-14)17(23)19-3/h6-9,15H,4-5,10H2,1-3H3,(H,19,23)(H,20,24)/t15-/m1/s1. The number of rotatable bonds is 5. The number of aromatic nitrogens is 1. The summed E-state index contributed by atoms with van der Waals surface area (Å²) in [7, 11) is -2.37. The van der Waals surface area contributed by atoms with Gasteiger partial charge in [-0.1, -0.05) is 5.16 Å². The van der Waals surface area contributed by atoms with Gasteiger partial charge in [-0.2, -0.15) is 4.31 Å². The van der Waals surface area contributed by atoms with E-state index in [1.807, 2.05) is 0 Å². The second-order valence-electron chi connectivity index (χ2n) is 6.57. The van der Waals surface area contributed by atoms with Crippen molar-refractivity contribution >= 4 is 27.5 Å². The van der Waals surface area contributed by atoms with Crippen LogP contribution in [-0.4, -0.2) is 49.3 Å². The Labute approximate surface area is 163 Å². The van der Waals surface area contributed by atoms with E-state index in [4.69, 9.17) is 4.52 Å². The number of carbonyl (C=O) groups excluding carboxylic acids is 2. The first-order valence-corrected chi connectivity index (χ1v) is 10.3. The molecule has 1 aliphatic heterocycles. The molecule has 1 fully saturated rings. The van der Waals surface area contributed by atoms with Gasteiger partial charge in [-0.15, -0.1) is 0 Å². The maximum atomic E-state index is 13.1. The molecule has 0 radical (unpaired) electrons. The topological polar surface area (TPSA) is 122 Å². The summed E-state index contributed by atoms with van der Waals surface area (Å²) in [6, 6.07) is 5.55. The molecule has 10 heteroatoms. The van der Waals surface area contributed by atoms with Crippen LogP contribution in [0.3, 0.4) is 0 Å². The Morgan fingerprint density at radius 1 is 1.21 bits per heavy atom. The molecule has 1 aliphatic rings. The summed E-state index contributed by atoms with van der Waals surface area (Å²) in [5.41, 5.74) is 1.22. The van der Waals surface area contributed by atoms with Crippen molar-refractivity contribution in [3.63, 3.8) is 0 Å². The van der Waals surface area contributed by atoms with E-state index in [0.717, 1.165) is 0 Å². The molecule has 1 aromatic heterocycles. The highest BCUT2D eigenvalue weighted by Crippen LogP contribution is 2.30. The number of benzene rings is 1. The number of hydrogen-bond acceptors (Lipinski definition) is 6. The molecule has 2 N–H and O–H groups in total. The predicted molar refractivity (Wildman–Crippen MR) is 101 cm³/mol. The molecule has 2 aromatic rings. The van der Waals surface area contributed by atoms with Crippen LogP contribution in [-0.2, 0) is 14.8 Å². The summed E-state index contributed by atoms with van der Waals surface area (Å²) in [4.78, 5) is 24.4. The number of hydrogen-bond donors (Lipinski definition) is 2. The Morgan fingerprint density at radius 3 is 2.46 bits per heavy atom. The smallest absolute Gasteiger partial charge is 0.251 e. The molecule has 0 aliphatic carbocycles. The molecular weight excluding hydrogens is 384 g/mol. The molecule has 0 bridgehead atoms. The van der Waals surface area contributed by atoms with E-state index in [1.54, 1.807) is 31.2 Å². The third-order valence-electron chi connectivity index (χ3n) is 4.68. The summed E-state index contributed by atoms with van der Waals surface area (Å²) in [6.45, 7) is 3.34. The lowest BCUT2D eigenvalue weighted by Crippen LogP contribution is -2.43. The summed E-state index contributed by atoms with van der Waals surface area (Å²) >= 11 is 0. The van der Waals surface area contributed by atoms with Gasteiger partial charge in [0.2, 0.25) is 15.9 Å². The van der Waals surface area contributed by atoms with Crippen molar-refractivity contribution in [2.45, 2.75) is 37.6 Å². The minimum absolute atomic E-state index is 0.0159. The fourth-order valence-electron chi connectivity index (χ4n) is 3.32.